The predicted octanol–water partition coefficient (Wildman–Crippen LogP) is 4.66. The Morgan fingerprint density at radius 1 is 0.550 bits per heavy atom. The maximum absolute atomic E-state index is 3.09. The first-order valence-electron chi connectivity index (χ1n) is 6.51. The van der Waals surface area contributed by atoms with Gasteiger partial charge in [-0.05, 0) is 11.1 Å². The van der Waals surface area contributed by atoms with Gasteiger partial charge in [-0.2, -0.15) is 30.3 Å². The van der Waals surface area contributed by atoms with Crippen LogP contribution in [0, 0.1) is 6.07 Å². The summed E-state index contributed by atoms with van der Waals surface area (Å²) in [4.78, 5) is 0. The first-order chi connectivity index (χ1) is 9.45. The molecule has 0 unspecified atom stereocenters. The van der Waals surface area contributed by atoms with E-state index in [1.54, 1.807) is 0 Å². The summed E-state index contributed by atoms with van der Waals surface area (Å²) in [6.45, 7) is 0. The first kappa shape index (κ1) is 15.2. The van der Waals surface area contributed by atoms with Crippen LogP contribution in [0.5, 0.6) is 0 Å². The Kier molecular flexibility index (Phi) is 5.70. The first-order valence-corrected chi connectivity index (χ1v) is 6.51. The van der Waals surface area contributed by atoms with Crippen molar-refractivity contribution in [1.82, 2.24) is 0 Å². The van der Waals surface area contributed by atoms with Crippen LogP contribution in [0.15, 0.2) is 84.9 Å². The Morgan fingerprint density at radius 2 is 0.950 bits per heavy atom. The summed E-state index contributed by atoms with van der Waals surface area (Å²) in [5.41, 5.74) is 3.94. The van der Waals surface area contributed by atoms with Crippen LogP contribution in [0.4, 0.5) is 0 Å². The summed E-state index contributed by atoms with van der Waals surface area (Å²) in [6.07, 6.45) is 0. The van der Waals surface area contributed by atoms with Gasteiger partial charge in [0.05, 0.1) is 0 Å². The van der Waals surface area contributed by atoms with Crippen molar-refractivity contribution in [3.8, 4) is 0 Å². The molecule has 0 fully saturated rings. The van der Waals surface area contributed by atoms with E-state index in [1.165, 1.54) is 16.7 Å². The molecule has 3 rings (SSSR count). The second kappa shape index (κ2) is 7.52. The fourth-order valence-corrected chi connectivity index (χ4v) is 2.46. The molecule has 0 atom stereocenters. The van der Waals surface area contributed by atoms with Crippen molar-refractivity contribution in [3.05, 3.63) is 108 Å². The summed E-state index contributed by atoms with van der Waals surface area (Å²) in [6, 6.07) is 32.6. The molecule has 0 aromatic heterocycles. The Hall–Kier alpha value is -1.24. The number of hydrogen-bond acceptors (Lipinski definition) is 0. The Labute approximate surface area is 145 Å². The van der Waals surface area contributed by atoms with Gasteiger partial charge in [0.15, 0.2) is 0 Å². The number of rotatable bonds is 3. The normalized spacial score (nSPS) is 10.1. The van der Waals surface area contributed by atoms with Gasteiger partial charge in [-0.1, -0.05) is 60.7 Å². The molecule has 0 saturated carbocycles. The molecule has 0 amide bonds. The zero-order valence-electron chi connectivity index (χ0n) is 11.2. The number of hydrogen-bond donors (Lipinski definition) is 0. The SMILES string of the molecule is [Y].[c-]1ccc(C(c2ccccc2)c2ccccc2)cc1. The largest absolute Gasteiger partial charge is 0.184 e. The van der Waals surface area contributed by atoms with Gasteiger partial charge < -0.3 is 0 Å². The van der Waals surface area contributed by atoms with E-state index in [0.29, 0.717) is 0 Å². The fraction of sp³-hybridized carbons (Fsp3) is 0.0526. The third-order valence-electron chi connectivity index (χ3n) is 3.34. The molecule has 0 heterocycles. The molecule has 0 aliphatic heterocycles. The van der Waals surface area contributed by atoms with Crippen molar-refractivity contribution in [2.24, 2.45) is 0 Å². The number of benzene rings is 3. The molecular weight excluding hydrogens is 317 g/mol. The van der Waals surface area contributed by atoms with Crippen molar-refractivity contribution in [3.63, 3.8) is 0 Å². The van der Waals surface area contributed by atoms with Crippen LogP contribution in [0.25, 0.3) is 0 Å². The third kappa shape index (κ3) is 3.45. The summed E-state index contributed by atoms with van der Waals surface area (Å²) in [5.74, 6) is 0.289. The zero-order chi connectivity index (χ0) is 12.9. The molecule has 95 valence electrons. The Balaban J connectivity index is 0.00000147. The van der Waals surface area contributed by atoms with Crippen LogP contribution in [-0.2, 0) is 32.7 Å². The van der Waals surface area contributed by atoms with Crippen molar-refractivity contribution in [2.45, 2.75) is 5.92 Å². The molecule has 20 heavy (non-hydrogen) atoms. The maximum Gasteiger partial charge on any atom is 0.0118 e. The van der Waals surface area contributed by atoms with Crippen LogP contribution in [0.2, 0.25) is 0 Å². The van der Waals surface area contributed by atoms with Crippen LogP contribution in [0.3, 0.4) is 0 Å². The van der Waals surface area contributed by atoms with Crippen LogP contribution in [0.1, 0.15) is 22.6 Å². The molecule has 0 aliphatic rings. The van der Waals surface area contributed by atoms with Crippen LogP contribution in [-0.4, -0.2) is 0 Å². The summed E-state index contributed by atoms with van der Waals surface area (Å²) in [7, 11) is 0. The molecule has 0 nitrogen and oxygen atoms in total. The third-order valence-corrected chi connectivity index (χ3v) is 3.34. The van der Waals surface area contributed by atoms with E-state index in [4.69, 9.17) is 0 Å². The molecule has 1 radical (unpaired) electrons. The molecule has 0 bridgehead atoms. The van der Waals surface area contributed by atoms with E-state index in [0.717, 1.165) is 0 Å². The molecule has 0 aliphatic carbocycles. The van der Waals surface area contributed by atoms with Crippen molar-refractivity contribution in [2.75, 3.05) is 0 Å². The fourth-order valence-electron chi connectivity index (χ4n) is 2.46. The van der Waals surface area contributed by atoms with Crippen molar-refractivity contribution < 1.29 is 32.7 Å². The van der Waals surface area contributed by atoms with E-state index < -0.39 is 0 Å². The van der Waals surface area contributed by atoms with E-state index in [-0.39, 0.29) is 38.6 Å². The van der Waals surface area contributed by atoms with Gasteiger partial charge in [-0.15, -0.1) is 5.56 Å². The standard InChI is InChI=1S/C19H15.Y/c1-4-10-16(11-5-1)19(17-12-6-2-7-13-17)18-14-8-3-9-15-18;/h1-2,4-15,19H;/q-1;. The Morgan fingerprint density at radius 3 is 1.40 bits per heavy atom. The van der Waals surface area contributed by atoms with Gasteiger partial charge in [-0.25, -0.2) is 0 Å². The van der Waals surface area contributed by atoms with Crippen molar-refractivity contribution >= 4 is 0 Å². The van der Waals surface area contributed by atoms with Gasteiger partial charge in [0.1, 0.15) is 0 Å². The minimum absolute atomic E-state index is 0. The topological polar surface area (TPSA) is 0 Å². The molecule has 0 saturated heterocycles. The van der Waals surface area contributed by atoms with Gasteiger partial charge in [-0.3, -0.25) is 0 Å². The van der Waals surface area contributed by atoms with Gasteiger partial charge in [0, 0.05) is 38.6 Å². The maximum atomic E-state index is 3.09. The van der Waals surface area contributed by atoms with E-state index >= 15 is 0 Å². The summed E-state index contributed by atoms with van der Waals surface area (Å²) in [5, 5.41) is 0. The monoisotopic (exact) mass is 332 g/mol. The molecular formula is C19H15Y-. The van der Waals surface area contributed by atoms with Crippen LogP contribution >= 0.6 is 0 Å². The summed E-state index contributed by atoms with van der Waals surface area (Å²) < 4.78 is 0. The molecule has 3 aromatic carbocycles. The second-order valence-corrected chi connectivity index (χ2v) is 4.59. The van der Waals surface area contributed by atoms with Crippen molar-refractivity contribution in [1.29, 1.82) is 0 Å². The predicted molar refractivity (Wildman–Crippen MR) is 79.1 cm³/mol. The van der Waals surface area contributed by atoms with Gasteiger partial charge >= 0.3 is 0 Å². The molecule has 1 heteroatoms. The minimum atomic E-state index is 0. The van der Waals surface area contributed by atoms with E-state index in [9.17, 15) is 0 Å². The van der Waals surface area contributed by atoms with Gasteiger partial charge in [0.25, 0.3) is 0 Å². The average molecular weight is 332 g/mol. The second-order valence-electron chi connectivity index (χ2n) is 4.59. The molecule has 3 aromatic rings. The zero-order valence-corrected chi connectivity index (χ0v) is 14.1. The summed E-state index contributed by atoms with van der Waals surface area (Å²) >= 11 is 0. The van der Waals surface area contributed by atoms with E-state index in [1.807, 2.05) is 12.1 Å². The minimum Gasteiger partial charge on any atom is -0.184 e. The van der Waals surface area contributed by atoms with Crippen LogP contribution < -0.4 is 0 Å². The van der Waals surface area contributed by atoms with Gasteiger partial charge in [0.2, 0.25) is 0 Å². The quantitative estimate of drug-likeness (QED) is 0.483. The average Bonchev–Trinajstić information content (AvgIpc) is 2.51. The molecule has 0 spiro atoms. The Bertz CT molecular complexity index is 524. The van der Waals surface area contributed by atoms with E-state index in [2.05, 4.69) is 78.9 Å². The smallest absolute Gasteiger partial charge is 0.0118 e. The molecule has 0 N–H and O–H groups in total.